The first-order valence-corrected chi connectivity index (χ1v) is 12.3. The third kappa shape index (κ3) is 5.24. The number of hydrogen-bond acceptors (Lipinski definition) is 1. The Morgan fingerprint density at radius 1 is 0.861 bits per heavy atom. The zero-order valence-electron chi connectivity index (χ0n) is 20.2. The number of halogens is 5. The van der Waals surface area contributed by atoms with Crippen molar-refractivity contribution in [1.29, 1.82) is 0 Å². The van der Waals surface area contributed by atoms with Gasteiger partial charge in [-0.25, -0.2) is 22.0 Å². The van der Waals surface area contributed by atoms with Gasteiger partial charge >= 0.3 is 0 Å². The van der Waals surface area contributed by atoms with Gasteiger partial charge in [0.15, 0.2) is 23.3 Å². The third-order valence-corrected chi connectivity index (χ3v) is 6.88. The van der Waals surface area contributed by atoms with Crippen molar-refractivity contribution < 1.29 is 26.7 Å². The van der Waals surface area contributed by atoms with Gasteiger partial charge in [-0.1, -0.05) is 55.8 Å². The lowest BCUT2D eigenvalue weighted by atomic mass is 9.90. The van der Waals surface area contributed by atoms with Gasteiger partial charge in [0.25, 0.3) is 0 Å². The first-order chi connectivity index (χ1) is 17.3. The Morgan fingerprint density at radius 3 is 2.17 bits per heavy atom. The van der Waals surface area contributed by atoms with E-state index in [1.807, 2.05) is 0 Å². The Balaban J connectivity index is 1.61. The molecule has 0 aliphatic carbocycles. The molecule has 3 aromatic carbocycles. The van der Waals surface area contributed by atoms with Crippen LogP contribution in [0.4, 0.5) is 22.0 Å². The highest BCUT2D eigenvalue weighted by atomic mass is 19.2. The molecule has 36 heavy (non-hydrogen) atoms. The molecule has 0 bridgehead atoms. The summed E-state index contributed by atoms with van der Waals surface area (Å²) < 4.78 is 80.4. The van der Waals surface area contributed by atoms with Crippen LogP contribution >= 0.6 is 0 Å². The van der Waals surface area contributed by atoms with Crippen LogP contribution in [0, 0.1) is 35.0 Å². The number of ether oxygens (including phenoxy) is 1. The Labute approximate surface area is 208 Å². The lowest BCUT2D eigenvalue weighted by molar-refractivity contribution is -0.0214. The van der Waals surface area contributed by atoms with Crippen molar-refractivity contribution in [2.45, 2.75) is 51.6 Å². The SMILES string of the molecule is C=CCCc1ccc(-c2ccc(-c3ccc(C4CCC(CCC)CO4)c(F)c3F)c(F)c2F)cc1F. The lowest BCUT2D eigenvalue weighted by Gasteiger charge is -2.29. The minimum absolute atomic E-state index is 0.0794. The molecule has 0 saturated carbocycles. The molecule has 190 valence electrons. The summed E-state index contributed by atoms with van der Waals surface area (Å²) in [5, 5.41) is 0. The zero-order valence-corrected chi connectivity index (χ0v) is 20.2. The first kappa shape index (κ1) is 26.1. The van der Waals surface area contributed by atoms with E-state index in [1.54, 1.807) is 6.08 Å². The van der Waals surface area contributed by atoms with Gasteiger partial charge < -0.3 is 4.74 Å². The Kier molecular flexibility index (Phi) is 8.24. The maximum atomic E-state index is 15.1. The zero-order chi connectivity index (χ0) is 25.8. The number of benzene rings is 3. The van der Waals surface area contributed by atoms with Crippen LogP contribution in [0.3, 0.4) is 0 Å². The second-order valence-corrected chi connectivity index (χ2v) is 9.31. The quantitative estimate of drug-likeness (QED) is 0.221. The molecule has 0 spiro atoms. The van der Waals surface area contributed by atoms with Crippen molar-refractivity contribution in [3.05, 3.63) is 95.3 Å². The summed E-state index contributed by atoms with van der Waals surface area (Å²) in [6, 6.07) is 9.22. The van der Waals surface area contributed by atoms with Crippen LogP contribution in [-0.2, 0) is 11.2 Å². The van der Waals surface area contributed by atoms with Gasteiger partial charge in [0.05, 0.1) is 12.7 Å². The van der Waals surface area contributed by atoms with Gasteiger partial charge in [-0.2, -0.15) is 0 Å². The molecule has 1 aliphatic heterocycles. The number of aryl methyl sites for hydroxylation is 1. The molecular weight excluding hydrogens is 471 g/mol. The Hall–Kier alpha value is -2.99. The van der Waals surface area contributed by atoms with Crippen LogP contribution < -0.4 is 0 Å². The summed E-state index contributed by atoms with van der Waals surface area (Å²) in [4.78, 5) is 0. The molecule has 0 amide bonds. The normalized spacial score (nSPS) is 17.8. The van der Waals surface area contributed by atoms with E-state index in [9.17, 15) is 4.39 Å². The van der Waals surface area contributed by atoms with E-state index in [0.717, 1.165) is 25.3 Å². The number of rotatable bonds is 8. The largest absolute Gasteiger partial charge is 0.373 e. The lowest BCUT2D eigenvalue weighted by Crippen LogP contribution is -2.21. The second kappa shape index (κ2) is 11.4. The van der Waals surface area contributed by atoms with E-state index in [1.165, 1.54) is 36.4 Å². The predicted octanol–water partition coefficient (Wildman–Crippen LogP) is 9.10. The second-order valence-electron chi connectivity index (χ2n) is 9.31. The first-order valence-electron chi connectivity index (χ1n) is 12.3. The van der Waals surface area contributed by atoms with E-state index in [-0.39, 0.29) is 22.3 Å². The maximum Gasteiger partial charge on any atom is 0.167 e. The van der Waals surface area contributed by atoms with Crippen molar-refractivity contribution in [3.8, 4) is 22.3 Å². The monoisotopic (exact) mass is 500 g/mol. The van der Waals surface area contributed by atoms with Crippen LogP contribution in [-0.4, -0.2) is 6.61 Å². The third-order valence-electron chi connectivity index (χ3n) is 6.88. The highest BCUT2D eigenvalue weighted by Crippen LogP contribution is 2.38. The molecule has 4 rings (SSSR count). The fourth-order valence-corrected chi connectivity index (χ4v) is 4.86. The molecule has 2 atom stereocenters. The van der Waals surface area contributed by atoms with Gasteiger partial charge in [0, 0.05) is 22.3 Å². The van der Waals surface area contributed by atoms with Gasteiger partial charge in [-0.3, -0.25) is 0 Å². The van der Waals surface area contributed by atoms with Crippen molar-refractivity contribution >= 4 is 0 Å². The summed E-state index contributed by atoms with van der Waals surface area (Å²) in [5.74, 6) is -5.08. The number of allylic oxidation sites excluding steroid dienone is 1. The van der Waals surface area contributed by atoms with Crippen LogP contribution in [0.5, 0.6) is 0 Å². The van der Waals surface area contributed by atoms with Gasteiger partial charge in [0.2, 0.25) is 0 Å². The molecule has 3 aromatic rings. The average molecular weight is 501 g/mol. The molecule has 0 radical (unpaired) electrons. The van der Waals surface area contributed by atoms with Crippen molar-refractivity contribution in [2.24, 2.45) is 5.92 Å². The minimum atomic E-state index is -1.33. The van der Waals surface area contributed by atoms with Crippen LogP contribution in [0.1, 0.15) is 56.3 Å². The van der Waals surface area contributed by atoms with Gasteiger partial charge in [-0.15, -0.1) is 6.58 Å². The van der Waals surface area contributed by atoms with Crippen LogP contribution in [0.25, 0.3) is 22.3 Å². The molecule has 1 aliphatic rings. The summed E-state index contributed by atoms with van der Waals surface area (Å²) in [6.07, 6.45) is 5.61. The summed E-state index contributed by atoms with van der Waals surface area (Å²) in [7, 11) is 0. The van der Waals surface area contributed by atoms with E-state index < -0.39 is 40.8 Å². The van der Waals surface area contributed by atoms with Crippen LogP contribution in [0.15, 0.2) is 55.1 Å². The standard InChI is InChI=1S/C30H29F5O/c1-3-5-7-19-9-10-20(16-25(19)31)21-11-12-22(28(33)27(21)32)23-13-14-24(30(35)29(23)34)26-15-8-18(6-4-2)17-36-26/h3,9-14,16,18,26H,1,4-8,15,17H2,2H3. The fraction of sp³-hybridized carbons (Fsp3) is 0.333. The Morgan fingerprint density at radius 2 is 1.53 bits per heavy atom. The summed E-state index contributed by atoms with van der Waals surface area (Å²) >= 11 is 0. The van der Waals surface area contributed by atoms with E-state index in [4.69, 9.17) is 4.74 Å². The molecule has 2 unspecified atom stereocenters. The van der Waals surface area contributed by atoms with Crippen molar-refractivity contribution in [3.63, 3.8) is 0 Å². The fourth-order valence-electron chi connectivity index (χ4n) is 4.86. The molecule has 1 heterocycles. The summed E-state index contributed by atoms with van der Waals surface area (Å²) in [5.41, 5.74) is -0.289. The minimum Gasteiger partial charge on any atom is -0.373 e. The topological polar surface area (TPSA) is 9.23 Å². The maximum absolute atomic E-state index is 15.1. The highest BCUT2D eigenvalue weighted by Gasteiger charge is 2.28. The van der Waals surface area contributed by atoms with E-state index >= 15 is 17.6 Å². The predicted molar refractivity (Wildman–Crippen MR) is 132 cm³/mol. The molecule has 1 nitrogen and oxygen atoms in total. The molecule has 1 saturated heterocycles. The van der Waals surface area contributed by atoms with Crippen molar-refractivity contribution in [1.82, 2.24) is 0 Å². The van der Waals surface area contributed by atoms with Crippen molar-refractivity contribution in [2.75, 3.05) is 6.61 Å². The van der Waals surface area contributed by atoms with Gasteiger partial charge in [-0.05, 0) is 55.2 Å². The average Bonchev–Trinajstić information content (AvgIpc) is 2.88. The van der Waals surface area contributed by atoms with E-state index in [2.05, 4.69) is 13.5 Å². The summed E-state index contributed by atoms with van der Waals surface area (Å²) in [6.45, 7) is 6.18. The van der Waals surface area contributed by atoms with Gasteiger partial charge in [0.1, 0.15) is 5.82 Å². The highest BCUT2D eigenvalue weighted by molar-refractivity contribution is 5.72. The molecular formula is C30H29F5O. The Bertz CT molecular complexity index is 1240. The van der Waals surface area contributed by atoms with Crippen LogP contribution in [0.2, 0.25) is 0 Å². The number of hydrogen-bond donors (Lipinski definition) is 0. The molecule has 0 N–H and O–H groups in total. The molecule has 1 fully saturated rings. The molecule has 6 heteroatoms. The molecule has 0 aromatic heterocycles. The van der Waals surface area contributed by atoms with E-state index in [0.29, 0.717) is 37.4 Å². The smallest absolute Gasteiger partial charge is 0.167 e.